The van der Waals surface area contributed by atoms with E-state index in [0.717, 1.165) is 141 Å². The zero-order valence-electron chi connectivity index (χ0n) is 41.5. The smallest absolute Gasteiger partial charge is 0.306 e. The molecule has 0 aliphatic rings. The van der Waals surface area contributed by atoms with Crippen molar-refractivity contribution in [2.75, 3.05) is 13.2 Å². The second kappa shape index (κ2) is 52.0. The highest BCUT2D eigenvalue weighted by Crippen LogP contribution is 2.14. The summed E-state index contributed by atoms with van der Waals surface area (Å²) in [5.41, 5.74) is 0. The molecule has 0 saturated carbocycles. The fourth-order valence-electron chi connectivity index (χ4n) is 6.92. The fourth-order valence-corrected chi connectivity index (χ4v) is 6.92. The lowest BCUT2D eigenvalue weighted by Crippen LogP contribution is -2.30. The van der Waals surface area contributed by atoms with Crippen LogP contribution in [0.2, 0.25) is 0 Å². The van der Waals surface area contributed by atoms with Crippen LogP contribution in [0.15, 0.2) is 97.2 Å². The molecule has 0 amide bonds. The van der Waals surface area contributed by atoms with Crippen LogP contribution in [0.3, 0.4) is 0 Å². The third-order valence-corrected chi connectivity index (χ3v) is 10.8. The van der Waals surface area contributed by atoms with Crippen molar-refractivity contribution in [2.24, 2.45) is 0 Å². The van der Waals surface area contributed by atoms with Crippen LogP contribution in [0.25, 0.3) is 0 Å². The van der Waals surface area contributed by atoms with Crippen molar-refractivity contribution < 1.29 is 28.6 Å². The Morgan fingerprint density at radius 2 is 0.609 bits per heavy atom. The average Bonchev–Trinajstić information content (AvgIpc) is 3.29. The molecule has 0 aliphatic heterocycles. The molecule has 1 unspecified atom stereocenters. The molecule has 0 aliphatic carbocycles. The quantitative estimate of drug-likeness (QED) is 0.0262. The van der Waals surface area contributed by atoms with Crippen molar-refractivity contribution >= 4 is 17.9 Å². The van der Waals surface area contributed by atoms with Gasteiger partial charge in [0.05, 0.1) is 0 Å². The minimum atomic E-state index is -0.792. The summed E-state index contributed by atoms with van der Waals surface area (Å²) in [7, 11) is 0. The van der Waals surface area contributed by atoms with E-state index in [9.17, 15) is 14.4 Å². The van der Waals surface area contributed by atoms with E-state index in [1.165, 1.54) is 51.4 Å². The molecular weight excluding hydrogens is 793 g/mol. The van der Waals surface area contributed by atoms with Gasteiger partial charge in [-0.1, -0.05) is 201 Å². The van der Waals surface area contributed by atoms with Crippen molar-refractivity contribution in [3.8, 4) is 0 Å². The maximum Gasteiger partial charge on any atom is 0.306 e. The highest BCUT2D eigenvalue weighted by molar-refractivity contribution is 5.71. The Balaban J connectivity index is 4.39. The van der Waals surface area contributed by atoms with E-state index < -0.39 is 6.10 Å². The molecule has 0 spiro atoms. The van der Waals surface area contributed by atoms with Crippen LogP contribution in [0.4, 0.5) is 0 Å². The van der Waals surface area contributed by atoms with Crippen LogP contribution >= 0.6 is 0 Å². The number of ether oxygens (including phenoxy) is 3. The zero-order valence-corrected chi connectivity index (χ0v) is 41.5. The SMILES string of the molecule is CC/C=C\C/C=C\C/C=C\C/C=C\CCCCCCCCC(=O)OCC(COC(=O)CCCCCCC/C=C\CCC)OC(=O)CCCCCCCCC/C=C\C/C=C\C/C=C\CC. The van der Waals surface area contributed by atoms with E-state index in [1.54, 1.807) is 0 Å². The third kappa shape index (κ3) is 49.3. The Labute approximate surface area is 394 Å². The van der Waals surface area contributed by atoms with Gasteiger partial charge in [0, 0.05) is 19.3 Å². The predicted molar refractivity (Wildman–Crippen MR) is 274 cm³/mol. The summed E-state index contributed by atoms with van der Waals surface area (Å²) >= 11 is 0. The Morgan fingerprint density at radius 3 is 0.969 bits per heavy atom. The largest absolute Gasteiger partial charge is 0.462 e. The number of hydrogen-bond donors (Lipinski definition) is 0. The summed E-state index contributed by atoms with van der Waals surface area (Å²) in [5, 5.41) is 0. The lowest BCUT2D eigenvalue weighted by molar-refractivity contribution is -0.167. The average molecular weight is 889 g/mol. The normalized spacial score (nSPS) is 12.9. The Morgan fingerprint density at radius 1 is 0.328 bits per heavy atom. The van der Waals surface area contributed by atoms with Crippen LogP contribution < -0.4 is 0 Å². The number of hydrogen-bond acceptors (Lipinski definition) is 6. The summed E-state index contributed by atoms with van der Waals surface area (Å²) in [6.45, 7) is 6.32. The molecule has 0 radical (unpaired) electrons. The molecular formula is C58H96O6. The van der Waals surface area contributed by atoms with E-state index >= 15 is 0 Å². The first-order valence-corrected chi connectivity index (χ1v) is 26.2. The van der Waals surface area contributed by atoms with E-state index in [4.69, 9.17) is 14.2 Å². The standard InChI is InChI=1S/C58H96O6/c1-4-7-10-13-16-19-22-24-26-28-29-31-32-34-36-39-42-45-48-51-57(60)63-54-55(53-62-56(59)50-47-44-41-38-21-18-15-12-9-6-3)64-58(61)52-49-46-43-40-37-35-33-30-27-25-23-20-17-14-11-8-5-2/h7-8,10-12,15-17,19-20,24-27,29,31,55H,4-6,9,13-14,18,21-23,28,30,32-54H2,1-3H3/b10-7-,11-8-,15-12-,19-16-,20-17-,26-24-,27-25-,31-29-. The molecule has 0 heterocycles. The monoisotopic (exact) mass is 889 g/mol. The Kier molecular flexibility index (Phi) is 49.0. The molecule has 0 saturated heterocycles. The molecule has 0 aromatic heterocycles. The van der Waals surface area contributed by atoms with Gasteiger partial charge < -0.3 is 14.2 Å². The lowest BCUT2D eigenvalue weighted by atomic mass is 10.1. The summed E-state index contributed by atoms with van der Waals surface area (Å²) < 4.78 is 16.8. The molecule has 6 heteroatoms. The fraction of sp³-hybridized carbons (Fsp3) is 0.672. The molecule has 0 fully saturated rings. The number of esters is 3. The highest BCUT2D eigenvalue weighted by Gasteiger charge is 2.19. The molecule has 0 aromatic carbocycles. The Hall–Kier alpha value is -3.67. The van der Waals surface area contributed by atoms with Gasteiger partial charge in [-0.3, -0.25) is 14.4 Å². The van der Waals surface area contributed by atoms with Crippen LogP contribution in [-0.2, 0) is 28.6 Å². The summed E-state index contributed by atoms with van der Waals surface area (Å²) in [6.07, 6.45) is 68.2. The van der Waals surface area contributed by atoms with Crippen LogP contribution in [0, 0.1) is 0 Å². The topological polar surface area (TPSA) is 78.9 Å². The maximum atomic E-state index is 12.8. The first kappa shape index (κ1) is 60.3. The second-order valence-electron chi connectivity index (χ2n) is 17.0. The van der Waals surface area contributed by atoms with Crippen molar-refractivity contribution in [3.05, 3.63) is 97.2 Å². The van der Waals surface area contributed by atoms with E-state index in [-0.39, 0.29) is 31.1 Å². The van der Waals surface area contributed by atoms with Gasteiger partial charge in [0.1, 0.15) is 13.2 Å². The molecule has 6 nitrogen and oxygen atoms in total. The van der Waals surface area contributed by atoms with Crippen molar-refractivity contribution in [1.29, 1.82) is 0 Å². The minimum Gasteiger partial charge on any atom is -0.462 e. The summed E-state index contributed by atoms with van der Waals surface area (Å²) in [5.74, 6) is -0.929. The molecule has 0 bridgehead atoms. The second-order valence-corrected chi connectivity index (χ2v) is 17.0. The van der Waals surface area contributed by atoms with Gasteiger partial charge in [-0.25, -0.2) is 0 Å². The predicted octanol–water partition coefficient (Wildman–Crippen LogP) is 17.4. The van der Waals surface area contributed by atoms with Crippen molar-refractivity contribution in [3.63, 3.8) is 0 Å². The van der Waals surface area contributed by atoms with Crippen LogP contribution in [0.1, 0.15) is 233 Å². The van der Waals surface area contributed by atoms with E-state index in [2.05, 4.69) is 118 Å². The van der Waals surface area contributed by atoms with Gasteiger partial charge in [0.15, 0.2) is 6.10 Å². The minimum absolute atomic E-state index is 0.0919. The van der Waals surface area contributed by atoms with Gasteiger partial charge in [0.2, 0.25) is 0 Å². The summed E-state index contributed by atoms with van der Waals surface area (Å²) in [4.78, 5) is 38.0. The third-order valence-electron chi connectivity index (χ3n) is 10.8. The van der Waals surface area contributed by atoms with Crippen LogP contribution in [-0.4, -0.2) is 37.2 Å². The van der Waals surface area contributed by atoms with Crippen molar-refractivity contribution in [2.45, 2.75) is 239 Å². The number of rotatable bonds is 46. The lowest BCUT2D eigenvalue weighted by Gasteiger charge is -2.18. The maximum absolute atomic E-state index is 12.8. The first-order chi connectivity index (χ1) is 31.5. The van der Waals surface area contributed by atoms with Gasteiger partial charge >= 0.3 is 17.9 Å². The number of carbonyl (C=O) groups excluding carboxylic acids is 3. The summed E-state index contributed by atoms with van der Waals surface area (Å²) in [6, 6.07) is 0. The van der Waals surface area contributed by atoms with E-state index in [0.29, 0.717) is 19.3 Å². The highest BCUT2D eigenvalue weighted by atomic mass is 16.6. The van der Waals surface area contributed by atoms with Gasteiger partial charge in [-0.2, -0.15) is 0 Å². The number of unbranched alkanes of at least 4 members (excludes halogenated alkanes) is 19. The number of allylic oxidation sites excluding steroid dienone is 16. The molecule has 0 aromatic rings. The first-order valence-electron chi connectivity index (χ1n) is 26.2. The molecule has 64 heavy (non-hydrogen) atoms. The Bertz CT molecular complexity index is 1300. The van der Waals surface area contributed by atoms with Gasteiger partial charge in [0.25, 0.3) is 0 Å². The van der Waals surface area contributed by atoms with E-state index in [1.807, 2.05) is 0 Å². The molecule has 1 atom stereocenters. The van der Waals surface area contributed by atoms with Gasteiger partial charge in [-0.05, 0) is 109 Å². The van der Waals surface area contributed by atoms with Crippen molar-refractivity contribution in [1.82, 2.24) is 0 Å². The zero-order chi connectivity index (χ0) is 46.5. The van der Waals surface area contributed by atoms with Crippen LogP contribution in [0.5, 0.6) is 0 Å². The van der Waals surface area contributed by atoms with Gasteiger partial charge in [-0.15, -0.1) is 0 Å². The molecule has 0 N–H and O–H groups in total. The molecule has 364 valence electrons. The molecule has 0 rings (SSSR count). The number of carbonyl (C=O) groups is 3.